The zero-order valence-electron chi connectivity index (χ0n) is 16.6. The van der Waals surface area contributed by atoms with Crippen LogP contribution in [0.5, 0.6) is 0 Å². The fourth-order valence-electron chi connectivity index (χ4n) is 3.10. The number of H-pyrrole nitrogens is 1. The molecule has 0 aromatic carbocycles. The lowest BCUT2D eigenvalue weighted by molar-refractivity contribution is -0.742. The van der Waals surface area contributed by atoms with Crippen LogP contribution in [0.1, 0.15) is 109 Å². The summed E-state index contributed by atoms with van der Waals surface area (Å²) in [6, 6.07) is 0. The lowest BCUT2D eigenvalue weighted by atomic mass is 10.0. The Hall–Kier alpha value is -1.59. The third-order valence-electron chi connectivity index (χ3n) is 4.57. The zero-order chi connectivity index (χ0) is 19.3. The number of imidazole rings is 1. The molecule has 0 aliphatic carbocycles. The van der Waals surface area contributed by atoms with E-state index in [-0.39, 0.29) is 0 Å². The van der Waals surface area contributed by atoms with Gasteiger partial charge in [-0.3, -0.25) is 0 Å². The molecular formula is C20H39N3O3. The molecule has 1 heterocycles. The molecule has 0 fully saturated rings. The normalized spacial score (nSPS) is 10.3. The van der Waals surface area contributed by atoms with Gasteiger partial charge in [-0.2, -0.15) is 0 Å². The highest BCUT2D eigenvalue weighted by Gasteiger charge is 1.96. The minimum atomic E-state index is -1.50. The van der Waals surface area contributed by atoms with Crippen molar-refractivity contribution >= 4 is 0 Å². The minimum absolute atomic E-state index is 1.12. The molecule has 26 heavy (non-hydrogen) atoms. The van der Waals surface area contributed by atoms with Crippen LogP contribution in [0.15, 0.2) is 12.4 Å². The van der Waals surface area contributed by atoms with E-state index in [9.17, 15) is 0 Å². The number of nitrogens with zero attached hydrogens (tertiary/aromatic N) is 2. The molecule has 6 heteroatoms. The van der Waals surface area contributed by atoms with E-state index in [1.54, 1.807) is 0 Å². The standard InChI is InChI=1S/C20H38N2.HNO3/c1-2-3-4-5-6-7-8-9-10-11-12-13-14-15-16-17-20-21-18-19-22-20;2-1(3)4/h18-19H,2-17H2,1H3,(H,21,22);(H,2,3,4). The Kier molecular flexibility index (Phi) is 18.5. The maximum absolute atomic E-state index is 8.36. The van der Waals surface area contributed by atoms with Gasteiger partial charge in [0.25, 0.3) is 5.09 Å². The molecule has 2 N–H and O–H groups in total. The molecule has 0 radical (unpaired) electrons. The molecule has 1 aromatic rings. The molecule has 152 valence electrons. The quantitative estimate of drug-likeness (QED) is 0.198. The number of aromatic nitrogens is 2. The lowest BCUT2D eigenvalue weighted by Gasteiger charge is -2.03. The van der Waals surface area contributed by atoms with Crippen molar-refractivity contribution in [2.45, 2.75) is 110 Å². The second-order valence-electron chi connectivity index (χ2n) is 6.97. The summed E-state index contributed by atoms with van der Waals surface area (Å²) < 4.78 is 0. The Morgan fingerprint density at radius 1 is 0.885 bits per heavy atom. The first-order chi connectivity index (χ1) is 12.7. The van der Waals surface area contributed by atoms with Crippen LogP contribution in [0.3, 0.4) is 0 Å². The minimum Gasteiger partial charge on any atom is -0.349 e. The van der Waals surface area contributed by atoms with Gasteiger partial charge in [-0.15, -0.1) is 10.1 Å². The van der Waals surface area contributed by atoms with E-state index in [1.165, 1.54) is 96.3 Å². The van der Waals surface area contributed by atoms with Crippen molar-refractivity contribution in [3.63, 3.8) is 0 Å². The summed E-state index contributed by atoms with van der Waals surface area (Å²) in [5.74, 6) is 1.15. The van der Waals surface area contributed by atoms with Gasteiger partial charge in [-0.05, 0) is 6.42 Å². The molecule has 0 aliphatic heterocycles. The van der Waals surface area contributed by atoms with E-state index in [0.717, 1.165) is 12.2 Å². The van der Waals surface area contributed by atoms with Crippen molar-refractivity contribution in [1.29, 1.82) is 0 Å². The lowest BCUT2D eigenvalue weighted by Crippen LogP contribution is -1.88. The molecule has 0 bridgehead atoms. The topological polar surface area (TPSA) is 92.0 Å². The van der Waals surface area contributed by atoms with Gasteiger partial charge >= 0.3 is 0 Å². The van der Waals surface area contributed by atoms with Gasteiger partial charge in [-0.25, -0.2) is 4.98 Å². The van der Waals surface area contributed by atoms with Crippen LogP contribution < -0.4 is 0 Å². The van der Waals surface area contributed by atoms with Crippen molar-refractivity contribution < 1.29 is 10.3 Å². The van der Waals surface area contributed by atoms with Crippen LogP contribution in [0.2, 0.25) is 0 Å². The monoisotopic (exact) mass is 369 g/mol. The second kappa shape index (κ2) is 19.7. The fraction of sp³-hybridized carbons (Fsp3) is 0.850. The molecule has 6 nitrogen and oxygen atoms in total. The van der Waals surface area contributed by atoms with E-state index >= 15 is 0 Å². The van der Waals surface area contributed by atoms with Crippen molar-refractivity contribution in [3.8, 4) is 0 Å². The van der Waals surface area contributed by atoms with Gasteiger partial charge in [0.1, 0.15) is 5.82 Å². The Morgan fingerprint density at radius 2 is 1.27 bits per heavy atom. The summed E-state index contributed by atoms with van der Waals surface area (Å²) in [6.07, 6.45) is 26.3. The highest BCUT2D eigenvalue weighted by molar-refractivity contribution is 4.86. The predicted molar refractivity (Wildman–Crippen MR) is 106 cm³/mol. The number of nitrogens with one attached hydrogen (secondary N) is 1. The molecule has 0 unspecified atom stereocenters. The zero-order valence-corrected chi connectivity index (χ0v) is 16.6. The van der Waals surface area contributed by atoms with Crippen LogP contribution in [-0.4, -0.2) is 20.3 Å². The number of hydrogen-bond donors (Lipinski definition) is 2. The molecule has 1 rings (SSSR count). The average molecular weight is 370 g/mol. The summed E-state index contributed by atoms with van der Waals surface area (Å²) >= 11 is 0. The number of hydrogen-bond acceptors (Lipinski definition) is 3. The van der Waals surface area contributed by atoms with Crippen molar-refractivity contribution in [2.24, 2.45) is 0 Å². The summed E-state index contributed by atoms with van der Waals surface area (Å²) in [5, 5.41) is 13.6. The maximum atomic E-state index is 8.36. The van der Waals surface area contributed by atoms with Crippen molar-refractivity contribution in [2.75, 3.05) is 0 Å². The van der Waals surface area contributed by atoms with Gasteiger partial charge in [0.2, 0.25) is 0 Å². The van der Waals surface area contributed by atoms with Crippen molar-refractivity contribution in [3.05, 3.63) is 28.3 Å². The van der Waals surface area contributed by atoms with Gasteiger partial charge in [-0.1, -0.05) is 96.8 Å². The van der Waals surface area contributed by atoms with E-state index < -0.39 is 5.09 Å². The Morgan fingerprint density at radius 3 is 1.62 bits per heavy atom. The molecule has 0 amide bonds. The Labute approximate surface area is 158 Å². The Balaban J connectivity index is 0.00000141. The average Bonchev–Trinajstić information content (AvgIpc) is 3.11. The van der Waals surface area contributed by atoms with Crippen LogP contribution in [0.25, 0.3) is 0 Å². The molecular weight excluding hydrogens is 330 g/mol. The summed E-state index contributed by atoms with van der Waals surface area (Å²) in [7, 11) is 0. The number of unbranched alkanes of at least 4 members (excludes halogenated alkanes) is 14. The number of aryl methyl sites for hydroxylation is 1. The second-order valence-corrected chi connectivity index (χ2v) is 6.97. The van der Waals surface area contributed by atoms with Crippen molar-refractivity contribution in [1.82, 2.24) is 9.97 Å². The third-order valence-corrected chi connectivity index (χ3v) is 4.57. The van der Waals surface area contributed by atoms with Gasteiger partial charge < -0.3 is 10.2 Å². The largest absolute Gasteiger partial charge is 0.349 e. The first-order valence-electron chi connectivity index (χ1n) is 10.5. The van der Waals surface area contributed by atoms with Crippen LogP contribution in [0, 0.1) is 10.1 Å². The highest BCUT2D eigenvalue weighted by Crippen LogP contribution is 2.13. The molecule has 0 atom stereocenters. The number of aromatic amines is 1. The van der Waals surface area contributed by atoms with Gasteiger partial charge in [0.15, 0.2) is 0 Å². The first-order valence-corrected chi connectivity index (χ1v) is 10.5. The number of rotatable bonds is 16. The molecule has 1 aromatic heterocycles. The van der Waals surface area contributed by atoms with E-state index in [2.05, 4.69) is 16.9 Å². The molecule has 0 spiro atoms. The predicted octanol–water partition coefficient (Wildman–Crippen LogP) is 6.48. The Bertz CT molecular complexity index is 393. The van der Waals surface area contributed by atoms with Crippen LogP contribution >= 0.6 is 0 Å². The summed E-state index contributed by atoms with van der Waals surface area (Å²) in [5.41, 5.74) is 0. The van der Waals surface area contributed by atoms with E-state index in [1.807, 2.05) is 12.4 Å². The van der Waals surface area contributed by atoms with Gasteiger partial charge in [0, 0.05) is 18.8 Å². The SMILES string of the molecule is CCCCCCCCCCCCCCCCCc1ncc[nH]1.O=[N+]([O-])O. The molecule has 0 saturated carbocycles. The molecule has 0 aliphatic rings. The van der Waals surface area contributed by atoms with E-state index in [0.29, 0.717) is 0 Å². The van der Waals surface area contributed by atoms with Crippen LogP contribution in [0.4, 0.5) is 0 Å². The smallest absolute Gasteiger partial charge is 0.291 e. The van der Waals surface area contributed by atoms with Crippen LogP contribution in [-0.2, 0) is 6.42 Å². The highest BCUT2D eigenvalue weighted by atomic mass is 16.9. The fourth-order valence-corrected chi connectivity index (χ4v) is 3.10. The summed E-state index contributed by atoms with van der Waals surface area (Å²) in [6.45, 7) is 2.29. The maximum Gasteiger partial charge on any atom is 0.291 e. The van der Waals surface area contributed by atoms with E-state index in [4.69, 9.17) is 15.3 Å². The molecule has 0 saturated heterocycles. The third kappa shape index (κ3) is 20.5. The first kappa shape index (κ1) is 24.4. The summed E-state index contributed by atoms with van der Waals surface area (Å²) in [4.78, 5) is 15.8. The van der Waals surface area contributed by atoms with Gasteiger partial charge in [0.05, 0.1) is 0 Å².